The standard InChI is InChI=1S/C16H24N2O3/c1-12-7-5-6-8-14(12)11-17-16(20)13(2)18(3)10-9-15(19)21-4/h5-8,13H,9-11H2,1-4H3,(H,17,20)/t13-/m0/s1. The van der Waals surface area contributed by atoms with Crippen molar-refractivity contribution >= 4 is 11.9 Å². The first-order chi connectivity index (χ1) is 9.95. The number of likely N-dealkylation sites (N-methyl/N-ethyl adjacent to an activating group) is 1. The molecule has 1 N–H and O–H groups in total. The van der Waals surface area contributed by atoms with Crippen LogP contribution in [0, 0.1) is 6.92 Å². The van der Waals surface area contributed by atoms with Gasteiger partial charge in [0.05, 0.1) is 19.6 Å². The lowest BCUT2D eigenvalue weighted by molar-refractivity contribution is -0.141. The average molecular weight is 292 g/mol. The summed E-state index contributed by atoms with van der Waals surface area (Å²) in [6.45, 7) is 4.85. The summed E-state index contributed by atoms with van der Waals surface area (Å²) in [7, 11) is 3.18. The van der Waals surface area contributed by atoms with Gasteiger partial charge in [0, 0.05) is 13.1 Å². The van der Waals surface area contributed by atoms with Crippen LogP contribution < -0.4 is 5.32 Å². The zero-order valence-electron chi connectivity index (χ0n) is 13.2. The second kappa shape index (κ2) is 8.42. The van der Waals surface area contributed by atoms with Gasteiger partial charge >= 0.3 is 5.97 Å². The summed E-state index contributed by atoms with van der Waals surface area (Å²) in [5.74, 6) is -0.319. The molecule has 0 saturated heterocycles. The molecule has 1 aromatic rings. The third-order valence-electron chi connectivity index (χ3n) is 3.65. The van der Waals surface area contributed by atoms with Crippen LogP contribution in [-0.4, -0.2) is 43.5 Å². The largest absolute Gasteiger partial charge is 0.469 e. The molecule has 0 heterocycles. The third-order valence-corrected chi connectivity index (χ3v) is 3.65. The summed E-state index contributed by atoms with van der Waals surface area (Å²) >= 11 is 0. The van der Waals surface area contributed by atoms with E-state index in [1.165, 1.54) is 7.11 Å². The smallest absolute Gasteiger partial charge is 0.306 e. The van der Waals surface area contributed by atoms with Crippen LogP contribution in [0.3, 0.4) is 0 Å². The van der Waals surface area contributed by atoms with E-state index in [4.69, 9.17) is 0 Å². The number of methoxy groups -OCH3 is 1. The van der Waals surface area contributed by atoms with Gasteiger partial charge in [0.2, 0.25) is 5.91 Å². The predicted octanol–water partition coefficient (Wildman–Crippen LogP) is 1.49. The molecule has 0 bridgehead atoms. The summed E-state index contributed by atoms with van der Waals surface area (Å²) in [6, 6.07) is 7.66. The monoisotopic (exact) mass is 292 g/mol. The number of amides is 1. The van der Waals surface area contributed by atoms with E-state index in [9.17, 15) is 9.59 Å². The first-order valence-electron chi connectivity index (χ1n) is 7.05. The topological polar surface area (TPSA) is 58.6 Å². The van der Waals surface area contributed by atoms with E-state index in [0.29, 0.717) is 13.1 Å². The molecule has 0 radical (unpaired) electrons. The summed E-state index contributed by atoms with van der Waals surface area (Å²) in [5.41, 5.74) is 2.26. The number of hydrogen-bond acceptors (Lipinski definition) is 4. The number of carbonyl (C=O) groups excluding carboxylic acids is 2. The van der Waals surface area contributed by atoms with Gasteiger partial charge in [-0.1, -0.05) is 24.3 Å². The van der Waals surface area contributed by atoms with E-state index in [0.717, 1.165) is 11.1 Å². The van der Waals surface area contributed by atoms with Crippen LogP contribution in [0.1, 0.15) is 24.5 Å². The number of rotatable bonds is 7. The van der Waals surface area contributed by atoms with Crippen molar-refractivity contribution in [1.29, 1.82) is 0 Å². The molecule has 0 fully saturated rings. The highest BCUT2D eigenvalue weighted by Crippen LogP contribution is 2.06. The first-order valence-corrected chi connectivity index (χ1v) is 7.05. The molecule has 0 spiro atoms. The minimum absolute atomic E-state index is 0.0504. The van der Waals surface area contributed by atoms with Gasteiger partial charge in [0.15, 0.2) is 0 Å². The molecule has 5 heteroatoms. The number of nitrogens with one attached hydrogen (secondary N) is 1. The van der Waals surface area contributed by atoms with Crippen molar-refractivity contribution < 1.29 is 14.3 Å². The molecule has 1 aromatic carbocycles. The number of hydrogen-bond donors (Lipinski definition) is 1. The molecule has 0 aliphatic carbocycles. The van der Waals surface area contributed by atoms with E-state index >= 15 is 0 Å². The summed E-state index contributed by atoms with van der Waals surface area (Å²) in [6.07, 6.45) is 0.280. The molecular formula is C16H24N2O3. The van der Waals surface area contributed by atoms with E-state index in [1.54, 1.807) is 0 Å². The normalized spacial score (nSPS) is 12.0. The Morgan fingerprint density at radius 2 is 2.00 bits per heavy atom. The number of benzene rings is 1. The minimum atomic E-state index is -0.293. The van der Waals surface area contributed by atoms with Gasteiger partial charge in [0.1, 0.15) is 0 Å². The molecular weight excluding hydrogens is 268 g/mol. The Morgan fingerprint density at radius 1 is 1.33 bits per heavy atom. The molecule has 0 unspecified atom stereocenters. The van der Waals surface area contributed by atoms with E-state index in [1.807, 2.05) is 50.1 Å². The minimum Gasteiger partial charge on any atom is -0.469 e. The lowest BCUT2D eigenvalue weighted by atomic mass is 10.1. The highest BCUT2D eigenvalue weighted by molar-refractivity contribution is 5.81. The summed E-state index contributed by atoms with van der Waals surface area (Å²) < 4.78 is 4.59. The number of esters is 1. The fourth-order valence-corrected chi connectivity index (χ4v) is 1.90. The van der Waals surface area contributed by atoms with Crippen molar-refractivity contribution in [3.05, 3.63) is 35.4 Å². The van der Waals surface area contributed by atoms with Crippen LogP contribution in [-0.2, 0) is 20.9 Å². The second-order valence-electron chi connectivity index (χ2n) is 5.13. The van der Waals surface area contributed by atoms with Gasteiger partial charge in [-0.3, -0.25) is 14.5 Å². The Bertz CT molecular complexity index is 488. The van der Waals surface area contributed by atoms with Gasteiger partial charge in [-0.05, 0) is 32.0 Å². The van der Waals surface area contributed by atoms with Gasteiger partial charge < -0.3 is 10.1 Å². The molecule has 1 atom stereocenters. The fourth-order valence-electron chi connectivity index (χ4n) is 1.90. The van der Waals surface area contributed by atoms with Crippen molar-refractivity contribution in [2.24, 2.45) is 0 Å². The molecule has 1 rings (SSSR count). The Hall–Kier alpha value is -1.88. The van der Waals surface area contributed by atoms with Crippen LogP contribution in [0.25, 0.3) is 0 Å². The Kier molecular flexibility index (Phi) is 6.88. The second-order valence-corrected chi connectivity index (χ2v) is 5.13. The summed E-state index contributed by atoms with van der Waals surface area (Å²) in [4.78, 5) is 25.1. The van der Waals surface area contributed by atoms with Gasteiger partial charge in [-0.15, -0.1) is 0 Å². The molecule has 0 aliphatic heterocycles. The molecule has 5 nitrogen and oxygen atoms in total. The van der Waals surface area contributed by atoms with Crippen molar-refractivity contribution in [1.82, 2.24) is 10.2 Å². The van der Waals surface area contributed by atoms with Crippen molar-refractivity contribution in [3.8, 4) is 0 Å². The number of aryl methyl sites for hydroxylation is 1. The van der Waals surface area contributed by atoms with Crippen LogP contribution >= 0.6 is 0 Å². The van der Waals surface area contributed by atoms with Crippen LogP contribution in [0.15, 0.2) is 24.3 Å². The van der Waals surface area contributed by atoms with Crippen LogP contribution in [0.5, 0.6) is 0 Å². The van der Waals surface area contributed by atoms with Gasteiger partial charge in [0.25, 0.3) is 0 Å². The fraction of sp³-hybridized carbons (Fsp3) is 0.500. The average Bonchev–Trinajstić information content (AvgIpc) is 2.50. The zero-order valence-corrected chi connectivity index (χ0v) is 13.2. The Balaban J connectivity index is 2.43. The molecule has 1 amide bonds. The van der Waals surface area contributed by atoms with Crippen molar-refractivity contribution in [3.63, 3.8) is 0 Å². The van der Waals surface area contributed by atoms with Gasteiger partial charge in [-0.25, -0.2) is 0 Å². The van der Waals surface area contributed by atoms with E-state index < -0.39 is 0 Å². The first kappa shape index (κ1) is 17.2. The molecule has 0 saturated carbocycles. The lowest BCUT2D eigenvalue weighted by Gasteiger charge is -2.23. The van der Waals surface area contributed by atoms with Crippen molar-refractivity contribution in [2.75, 3.05) is 20.7 Å². The maximum Gasteiger partial charge on any atom is 0.306 e. The van der Waals surface area contributed by atoms with E-state index in [2.05, 4.69) is 10.1 Å². The van der Waals surface area contributed by atoms with Gasteiger partial charge in [-0.2, -0.15) is 0 Å². The van der Waals surface area contributed by atoms with Crippen molar-refractivity contribution in [2.45, 2.75) is 32.9 Å². The SMILES string of the molecule is COC(=O)CCN(C)[C@@H](C)C(=O)NCc1ccccc1C. The summed E-state index contributed by atoms with van der Waals surface area (Å²) in [5, 5.41) is 2.93. The molecule has 0 aromatic heterocycles. The maximum absolute atomic E-state index is 12.1. The highest BCUT2D eigenvalue weighted by atomic mass is 16.5. The number of ether oxygens (including phenoxy) is 1. The molecule has 116 valence electrons. The number of nitrogens with zero attached hydrogens (tertiary/aromatic N) is 1. The van der Waals surface area contributed by atoms with E-state index in [-0.39, 0.29) is 24.3 Å². The lowest BCUT2D eigenvalue weighted by Crippen LogP contribution is -2.43. The zero-order chi connectivity index (χ0) is 15.8. The highest BCUT2D eigenvalue weighted by Gasteiger charge is 2.18. The Labute approximate surface area is 126 Å². The maximum atomic E-state index is 12.1. The number of carbonyl (C=O) groups is 2. The molecule has 21 heavy (non-hydrogen) atoms. The molecule has 0 aliphatic rings. The van der Waals surface area contributed by atoms with Crippen LogP contribution in [0.4, 0.5) is 0 Å². The predicted molar refractivity (Wildman–Crippen MR) is 81.8 cm³/mol. The quantitative estimate of drug-likeness (QED) is 0.774. The third kappa shape index (κ3) is 5.55. The van der Waals surface area contributed by atoms with Crippen LogP contribution in [0.2, 0.25) is 0 Å². The Morgan fingerprint density at radius 3 is 2.62 bits per heavy atom.